The van der Waals surface area contributed by atoms with Gasteiger partial charge < -0.3 is 9.05 Å². The molecular weight excluding hydrogens is 308 g/mol. The summed E-state index contributed by atoms with van der Waals surface area (Å²) in [6, 6.07) is 10.3. The zero-order valence-electron chi connectivity index (χ0n) is 14.6. The Labute approximate surface area is 136 Å². The minimum Gasteiger partial charge on any atom is -0.456 e. The summed E-state index contributed by atoms with van der Waals surface area (Å²) in [5.41, 5.74) is 2.19. The van der Waals surface area contributed by atoms with E-state index in [1.807, 2.05) is 18.2 Å². The number of hydrogen-bond donors (Lipinski definition) is 0. The van der Waals surface area contributed by atoms with Crippen molar-refractivity contribution in [2.45, 2.75) is 52.1 Å². The van der Waals surface area contributed by atoms with Crippen molar-refractivity contribution >= 4 is 28.6 Å². The number of benzene rings is 1. The lowest BCUT2D eigenvalue weighted by Gasteiger charge is -2.15. The Morgan fingerprint density at radius 1 is 0.955 bits per heavy atom. The zero-order chi connectivity index (χ0) is 16.6. The molecule has 22 heavy (non-hydrogen) atoms. The summed E-state index contributed by atoms with van der Waals surface area (Å²) in [6.07, 6.45) is 3.20. The first-order chi connectivity index (χ1) is 10.2. The van der Waals surface area contributed by atoms with Crippen LogP contribution in [-0.2, 0) is 15.5 Å². The molecule has 0 spiro atoms. The average Bonchev–Trinajstić information content (AvgIpc) is 2.40. The SMILES string of the molecule is C[Si](C)(C)ON=CCC(Cc1ccccc1)=NO[Si](C)(C)C. The maximum absolute atomic E-state index is 5.69. The first-order valence-electron chi connectivity index (χ1n) is 7.63. The summed E-state index contributed by atoms with van der Waals surface area (Å²) in [5, 5.41) is 8.45. The van der Waals surface area contributed by atoms with E-state index in [1.54, 1.807) is 6.21 Å². The van der Waals surface area contributed by atoms with Crippen LogP contribution in [0.2, 0.25) is 39.3 Å². The summed E-state index contributed by atoms with van der Waals surface area (Å²) in [4.78, 5) is 0. The third-order valence-electron chi connectivity index (χ3n) is 2.43. The Morgan fingerprint density at radius 2 is 1.55 bits per heavy atom. The molecule has 0 aliphatic heterocycles. The van der Waals surface area contributed by atoms with Crippen LogP contribution in [0, 0.1) is 0 Å². The van der Waals surface area contributed by atoms with Crippen LogP contribution in [-0.4, -0.2) is 28.6 Å². The van der Waals surface area contributed by atoms with Gasteiger partial charge in [0.15, 0.2) is 0 Å². The van der Waals surface area contributed by atoms with Gasteiger partial charge in [-0.25, -0.2) is 0 Å². The van der Waals surface area contributed by atoms with Crippen molar-refractivity contribution in [3.05, 3.63) is 35.9 Å². The third kappa shape index (κ3) is 9.52. The van der Waals surface area contributed by atoms with E-state index in [1.165, 1.54) is 5.56 Å². The topological polar surface area (TPSA) is 43.2 Å². The highest BCUT2D eigenvalue weighted by Gasteiger charge is 2.17. The summed E-state index contributed by atoms with van der Waals surface area (Å²) < 4.78 is 11.2. The first kappa shape index (κ1) is 18.6. The molecule has 1 aromatic rings. The van der Waals surface area contributed by atoms with Crippen LogP contribution in [0.5, 0.6) is 0 Å². The number of rotatable bonds is 8. The van der Waals surface area contributed by atoms with Crippen LogP contribution < -0.4 is 0 Å². The second-order valence-corrected chi connectivity index (χ2v) is 16.0. The fourth-order valence-corrected chi connectivity index (χ4v) is 2.31. The van der Waals surface area contributed by atoms with Crippen molar-refractivity contribution in [2.75, 3.05) is 0 Å². The highest BCUT2D eigenvalue weighted by molar-refractivity contribution is 6.70. The molecule has 6 heteroatoms. The first-order valence-corrected chi connectivity index (χ1v) is 14.5. The van der Waals surface area contributed by atoms with Gasteiger partial charge in [-0.3, -0.25) is 0 Å². The fourth-order valence-electron chi connectivity index (χ4n) is 1.51. The lowest BCUT2D eigenvalue weighted by molar-refractivity contribution is 0.332. The van der Waals surface area contributed by atoms with Gasteiger partial charge in [0.25, 0.3) is 16.6 Å². The molecule has 0 N–H and O–H groups in total. The zero-order valence-corrected chi connectivity index (χ0v) is 16.6. The van der Waals surface area contributed by atoms with E-state index < -0.39 is 16.6 Å². The van der Waals surface area contributed by atoms with Crippen molar-refractivity contribution in [2.24, 2.45) is 10.3 Å². The molecule has 4 nitrogen and oxygen atoms in total. The largest absolute Gasteiger partial charge is 0.456 e. The molecule has 1 aromatic carbocycles. The van der Waals surface area contributed by atoms with E-state index in [9.17, 15) is 0 Å². The number of hydrogen-bond acceptors (Lipinski definition) is 4. The Balaban J connectivity index is 2.70. The Morgan fingerprint density at radius 3 is 2.09 bits per heavy atom. The predicted octanol–water partition coefficient (Wildman–Crippen LogP) is 4.66. The molecule has 0 saturated carbocycles. The molecule has 122 valence electrons. The van der Waals surface area contributed by atoms with Crippen molar-refractivity contribution < 1.29 is 9.05 Å². The minimum atomic E-state index is -1.67. The van der Waals surface area contributed by atoms with Crippen LogP contribution in [0.1, 0.15) is 12.0 Å². The van der Waals surface area contributed by atoms with Gasteiger partial charge in [-0.1, -0.05) is 30.3 Å². The van der Waals surface area contributed by atoms with Gasteiger partial charge in [0.2, 0.25) is 0 Å². The third-order valence-corrected chi connectivity index (χ3v) is 3.72. The van der Waals surface area contributed by atoms with Crippen LogP contribution >= 0.6 is 0 Å². The predicted molar refractivity (Wildman–Crippen MR) is 99.6 cm³/mol. The van der Waals surface area contributed by atoms with E-state index in [-0.39, 0.29) is 0 Å². The molecule has 1 rings (SSSR count). The smallest absolute Gasteiger partial charge is 0.278 e. The summed E-state index contributed by atoms with van der Waals surface area (Å²) in [5.74, 6) is 0. The van der Waals surface area contributed by atoms with E-state index >= 15 is 0 Å². The van der Waals surface area contributed by atoms with Gasteiger partial charge in [0.05, 0.1) is 5.71 Å². The monoisotopic (exact) mass is 336 g/mol. The highest BCUT2D eigenvalue weighted by Crippen LogP contribution is 2.08. The molecule has 0 heterocycles. The lowest BCUT2D eigenvalue weighted by Crippen LogP contribution is -2.24. The van der Waals surface area contributed by atoms with Gasteiger partial charge in [-0.2, -0.15) is 0 Å². The van der Waals surface area contributed by atoms with Crippen molar-refractivity contribution in [1.82, 2.24) is 0 Å². The highest BCUT2D eigenvalue weighted by atomic mass is 28.4. The van der Waals surface area contributed by atoms with Crippen LogP contribution in [0.4, 0.5) is 0 Å². The van der Waals surface area contributed by atoms with Gasteiger partial charge in [0.1, 0.15) is 0 Å². The van der Waals surface area contributed by atoms with Crippen molar-refractivity contribution in [1.29, 1.82) is 0 Å². The molecule has 0 fully saturated rings. The second kappa shape index (κ2) is 8.29. The van der Waals surface area contributed by atoms with Crippen LogP contribution in [0.3, 0.4) is 0 Å². The second-order valence-electron chi connectivity index (χ2n) is 7.22. The summed E-state index contributed by atoms with van der Waals surface area (Å²) in [6.45, 7) is 12.7. The maximum Gasteiger partial charge on any atom is 0.278 e. The van der Waals surface area contributed by atoms with Gasteiger partial charge >= 0.3 is 0 Å². The van der Waals surface area contributed by atoms with Gasteiger partial charge in [0, 0.05) is 19.1 Å². The molecule has 0 bridgehead atoms. The van der Waals surface area contributed by atoms with Crippen molar-refractivity contribution in [3.8, 4) is 0 Å². The van der Waals surface area contributed by atoms with E-state index in [0.29, 0.717) is 6.42 Å². The van der Waals surface area contributed by atoms with Gasteiger partial charge in [-0.15, -0.1) is 10.3 Å². The van der Waals surface area contributed by atoms with Gasteiger partial charge in [-0.05, 0) is 44.8 Å². The number of nitrogens with zero attached hydrogens (tertiary/aromatic N) is 2. The molecule has 0 atom stereocenters. The van der Waals surface area contributed by atoms with Crippen LogP contribution in [0.25, 0.3) is 0 Å². The quantitative estimate of drug-likeness (QED) is 0.393. The van der Waals surface area contributed by atoms with Crippen molar-refractivity contribution in [3.63, 3.8) is 0 Å². The Hall–Kier alpha value is -1.41. The standard InChI is InChI=1S/C16H28N2O2Si2/c1-21(2,3)19-17-13-12-16(18-20-22(4,5)6)14-15-10-8-7-9-11-15/h7-11,13H,12,14H2,1-6H3. The molecule has 0 aliphatic carbocycles. The van der Waals surface area contributed by atoms with E-state index in [4.69, 9.17) is 9.05 Å². The molecule has 0 amide bonds. The Bertz CT molecular complexity index is 503. The summed E-state index contributed by atoms with van der Waals surface area (Å²) >= 11 is 0. The van der Waals surface area contributed by atoms with E-state index in [0.717, 1.165) is 12.1 Å². The molecule has 0 saturated heterocycles. The minimum absolute atomic E-state index is 0.643. The fraction of sp³-hybridized carbons (Fsp3) is 0.500. The molecular formula is C16H28N2O2Si2. The lowest BCUT2D eigenvalue weighted by atomic mass is 10.1. The molecule has 0 radical (unpaired) electrons. The maximum atomic E-state index is 5.69. The van der Waals surface area contributed by atoms with E-state index in [2.05, 4.69) is 61.7 Å². The number of oxime groups is 2. The molecule has 0 unspecified atom stereocenters. The normalized spacial score (nSPS) is 13.5. The molecule has 0 aliphatic rings. The van der Waals surface area contributed by atoms with Crippen LogP contribution in [0.15, 0.2) is 40.6 Å². The molecule has 0 aromatic heterocycles. The average molecular weight is 337 g/mol. The summed E-state index contributed by atoms with van der Waals surface area (Å²) in [7, 11) is -3.28. The Kier molecular flexibility index (Phi) is 7.02.